The van der Waals surface area contributed by atoms with E-state index in [4.69, 9.17) is 14.0 Å². The van der Waals surface area contributed by atoms with E-state index in [0.717, 1.165) is 0 Å². The third-order valence-electron chi connectivity index (χ3n) is 4.46. The Bertz CT molecular complexity index is 997. The van der Waals surface area contributed by atoms with E-state index < -0.39 is 23.9 Å². The maximum absolute atomic E-state index is 13.0. The van der Waals surface area contributed by atoms with Gasteiger partial charge in [0.2, 0.25) is 0 Å². The fourth-order valence-electron chi connectivity index (χ4n) is 3.11. The highest BCUT2D eigenvalue weighted by atomic mass is 16.5. The van der Waals surface area contributed by atoms with Crippen molar-refractivity contribution in [3.8, 4) is 11.5 Å². The minimum atomic E-state index is -1.01. The first-order valence-electron chi connectivity index (χ1n) is 8.83. The zero-order valence-electron chi connectivity index (χ0n) is 15.3. The molecule has 1 N–H and O–H groups in total. The number of benzene rings is 2. The molecule has 7 nitrogen and oxygen atoms in total. The van der Waals surface area contributed by atoms with Crippen molar-refractivity contribution in [3.63, 3.8) is 0 Å². The summed E-state index contributed by atoms with van der Waals surface area (Å²) in [7, 11) is 0. The summed E-state index contributed by atoms with van der Waals surface area (Å²) in [6.07, 6.45) is -1.01. The molecular weight excluding hydrogens is 360 g/mol. The van der Waals surface area contributed by atoms with Crippen molar-refractivity contribution in [2.24, 2.45) is 0 Å². The molecule has 2 aromatic carbocycles. The van der Waals surface area contributed by atoms with Crippen LogP contribution in [-0.4, -0.2) is 23.1 Å². The van der Waals surface area contributed by atoms with Crippen molar-refractivity contribution in [2.45, 2.75) is 25.9 Å². The minimum Gasteiger partial charge on any atom is -0.457 e. The van der Waals surface area contributed by atoms with Crippen LogP contribution in [0.1, 0.15) is 29.7 Å². The topological polar surface area (TPSA) is 90.7 Å². The second-order valence-corrected chi connectivity index (χ2v) is 6.50. The molecule has 0 saturated carbocycles. The van der Waals surface area contributed by atoms with Crippen molar-refractivity contribution >= 4 is 17.7 Å². The summed E-state index contributed by atoms with van der Waals surface area (Å²) in [6.45, 7) is 3.23. The van der Waals surface area contributed by atoms with E-state index in [-0.39, 0.29) is 5.82 Å². The van der Waals surface area contributed by atoms with Gasteiger partial charge in [0.25, 0.3) is 5.91 Å². The van der Waals surface area contributed by atoms with Gasteiger partial charge < -0.3 is 19.3 Å². The number of fused-ring (bicyclic) bond motifs is 2. The standard InChI is InChI=1S/C21H18N2O5/c1-12-11-18(23-28-12)22-20(24)13(2)26-21(25)19-14-7-3-5-9-16(14)27-17-10-6-4-8-15(17)19/h3-11,13,19H,1-2H3,(H,22,23,24). The van der Waals surface area contributed by atoms with E-state index in [9.17, 15) is 9.59 Å². The van der Waals surface area contributed by atoms with E-state index in [0.29, 0.717) is 28.4 Å². The maximum atomic E-state index is 13.0. The molecule has 0 radical (unpaired) electrons. The number of rotatable bonds is 4. The minimum absolute atomic E-state index is 0.271. The lowest BCUT2D eigenvalue weighted by Gasteiger charge is -2.27. The Labute approximate surface area is 161 Å². The Hall–Kier alpha value is -3.61. The summed E-state index contributed by atoms with van der Waals surface area (Å²) >= 11 is 0. The predicted molar refractivity (Wildman–Crippen MR) is 100 cm³/mol. The molecule has 1 atom stereocenters. The number of hydrogen-bond donors (Lipinski definition) is 1. The number of nitrogens with zero attached hydrogens (tertiary/aromatic N) is 1. The van der Waals surface area contributed by atoms with Gasteiger partial charge in [-0.3, -0.25) is 9.59 Å². The predicted octanol–water partition coefficient (Wildman–Crippen LogP) is 3.79. The average Bonchev–Trinajstić information content (AvgIpc) is 3.10. The Morgan fingerprint density at radius 3 is 2.25 bits per heavy atom. The SMILES string of the molecule is Cc1cc(NC(=O)C(C)OC(=O)C2c3ccccc3Oc3ccccc32)no1. The van der Waals surface area contributed by atoms with Crippen LogP contribution < -0.4 is 10.1 Å². The molecule has 7 heteroatoms. The van der Waals surface area contributed by atoms with E-state index >= 15 is 0 Å². The smallest absolute Gasteiger partial charge is 0.318 e. The van der Waals surface area contributed by atoms with Gasteiger partial charge in [-0.05, 0) is 26.0 Å². The Morgan fingerprint density at radius 1 is 1.07 bits per heavy atom. The first kappa shape index (κ1) is 17.8. The van der Waals surface area contributed by atoms with Crippen molar-refractivity contribution in [1.82, 2.24) is 5.16 Å². The molecule has 3 aromatic rings. The van der Waals surface area contributed by atoms with E-state index in [2.05, 4.69) is 10.5 Å². The van der Waals surface area contributed by atoms with Crippen molar-refractivity contribution in [2.75, 3.05) is 5.32 Å². The van der Waals surface area contributed by atoms with Crippen LogP contribution in [0, 0.1) is 6.92 Å². The molecule has 142 valence electrons. The Balaban J connectivity index is 1.55. The van der Waals surface area contributed by atoms with Crippen molar-refractivity contribution < 1.29 is 23.6 Å². The number of ether oxygens (including phenoxy) is 2. The zero-order chi connectivity index (χ0) is 19.7. The van der Waals surface area contributed by atoms with Crippen molar-refractivity contribution in [3.05, 3.63) is 71.5 Å². The normalized spacial score (nSPS) is 13.6. The number of aryl methyl sites for hydroxylation is 1. The molecule has 0 saturated heterocycles. The lowest BCUT2D eigenvalue weighted by molar-refractivity contribution is -0.153. The van der Waals surface area contributed by atoms with Crippen LogP contribution in [0.4, 0.5) is 5.82 Å². The Kier molecular flexibility index (Phi) is 4.57. The highest BCUT2D eigenvalue weighted by Crippen LogP contribution is 2.44. The molecule has 1 amide bonds. The van der Waals surface area contributed by atoms with Crippen molar-refractivity contribution in [1.29, 1.82) is 0 Å². The fourth-order valence-corrected chi connectivity index (χ4v) is 3.11. The number of hydrogen-bond acceptors (Lipinski definition) is 6. The second-order valence-electron chi connectivity index (χ2n) is 6.50. The molecule has 1 aliphatic heterocycles. The summed E-state index contributed by atoms with van der Waals surface area (Å²) in [5.74, 6) is 0.335. The molecule has 4 rings (SSSR count). The van der Waals surface area contributed by atoms with Gasteiger partial charge in [0.05, 0.1) is 0 Å². The van der Waals surface area contributed by atoms with E-state index in [1.54, 1.807) is 25.1 Å². The highest BCUT2D eigenvalue weighted by Gasteiger charge is 2.35. The lowest BCUT2D eigenvalue weighted by atomic mass is 9.88. The van der Waals surface area contributed by atoms with Gasteiger partial charge in [-0.25, -0.2) is 0 Å². The first-order valence-corrected chi connectivity index (χ1v) is 8.83. The summed E-state index contributed by atoms with van der Waals surface area (Å²) in [5.41, 5.74) is 1.40. The summed E-state index contributed by atoms with van der Waals surface area (Å²) in [4.78, 5) is 25.3. The van der Waals surface area contributed by atoms with Crippen LogP contribution in [0.15, 0.2) is 59.1 Å². The molecule has 0 fully saturated rings. The monoisotopic (exact) mass is 378 g/mol. The fraction of sp³-hybridized carbons (Fsp3) is 0.190. The van der Waals surface area contributed by atoms with Gasteiger partial charge >= 0.3 is 5.97 Å². The third kappa shape index (κ3) is 3.34. The number of carbonyl (C=O) groups excluding carboxylic acids is 2. The Morgan fingerprint density at radius 2 is 1.68 bits per heavy atom. The largest absolute Gasteiger partial charge is 0.457 e. The first-order chi connectivity index (χ1) is 13.5. The van der Waals surface area contributed by atoms with Crippen LogP contribution in [0.2, 0.25) is 0 Å². The molecule has 0 spiro atoms. The van der Waals surface area contributed by atoms with Gasteiger partial charge in [0.15, 0.2) is 11.9 Å². The molecule has 0 aliphatic carbocycles. The quantitative estimate of drug-likeness (QED) is 0.695. The molecule has 1 aliphatic rings. The van der Waals surface area contributed by atoms with Gasteiger partial charge in [-0.2, -0.15) is 0 Å². The third-order valence-corrected chi connectivity index (χ3v) is 4.46. The van der Waals surface area contributed by atoms with Crippen LogP contribution in [0.3, 0.4) is 0 Å². The number of nitrogens with one attached hydrogen (secondary N) is 1. The van der Waals surface area contributed by atoms with Gasteiger partial charge in [-0.1, -0.05) is 41.6 Å². The lowest BCUT2D eigenvalue weighted by Crippen LogP contribution is -2.32. The molecule has 0 bridgehead atoms. The number of esters is 1. The van der Waals surface area contributed by atoms with Crippen LogP contribution >= 0.6 is 0 Å². The highest BCUT2D eigenvalue weighted by molar-refractivity contribution is 5.95. The number of amides is 1. The molecule has 1 aromatic heterocycles. The second kappa shape index (κ2) is 7.19. The number of para-hydroxylation sites is 2. The van der Waals surface area contributed by atoms with Crippen LogP contribution in [0.5, 0.6) is 11.5 Å². The number of aromatic nitrogens is 1. The summed E-state index contributed by atoms with van der Waals surface area (Å²) in [5, 5.41) is 6.27. The number of carbonyl (C=O) groups is 2. The molecule has 1 unspecified atom stereocenters. The number of anilines is 1. The maximum Gasteiger partial charge on any atom is 0.318 e. The van der Waals surface area contributed by atoms with Gasteiger partial charge in [0.1, 0.15) is 23.2 Å². The summed E-state index contributed by atoms with van der Waals surface area (Å²) < 4.78 is 16.3. The summed E-state index contributed by atoms with van der Waals surface area (Å²) in [6, 6.07) is 16.2. The average molecular weight is 378 g/mol. The van der Waals surface area contributed by atoms with Crippen LogP contribution in [-0.2, 0) is 14.3 Å². The van der Waals surface area contributed by atoms with Gasteiger partial charge in [-0.15, -0.1) is 0 Å². The van der Waals surface area contributed by atoms with Crippen LogP contribution in [0.25, 0.3) is 0 Å². The zero-order valence-corrected chi connectivity index (χ0v) is 15.3. The van der Waals surface area contributed by atoms with E-state index in [1.165, 1.54) is 6.92 Å². The molecule has 2 heterocycles. The molecular formula is C21H18N2O5. The molecule has 28 heavy (non-hydrogen) atoms. The van der Waals surface area contributed by atoms with Gasteiger partial charge in [0, 0.05) is 17.2 Å². The van der Waals surface area contributed by atoms with E-state index in [1.807, 2.05) is 36.4 Å².